The van der Waals surface area contributed by atoms with Gasteiger partial charge in [0.15, 0.2) is 0 Å². The number of likely N-dealkylation sites (N-methyl/N-ethyl adjacent to an activating group) is 1. The van der Waals surface area contributed by atoms with Crippen LogP contribution in [0.1, 0.15) is 13.8 Å². The Morgan fingerprint density at radius 3 is 2.75 bits per heavy atom. The van der Waals surface area contributed by atoms with E-state index in [0.29, 0.717) is 13.2 Å². The number of carboxylic acids is 1. The Kier molecular flexibility index (Phi) is 4.70. The molecule has 0 aliphatic carbocycles. The molecule has 3 N–H and O–H groups in total. The zero-order chi connectivity index (χ0) is 12.1. The molecule has 1 aliphatic rings. The SMILES string of the molecule is CCNC1COCC1C(=O)NC(C)C(=O)O. The van der Waals surface area contributed by atoms with Gasteiger partial charge in [-0.2, -0.15) is 0 Å². The highest BCUT2D eigenvalue weighted by molar-refractivity contribution is 5.85. The number of hydrogen-bond acceptors (Lipinski definition) is 4. The van der Waals surface area contributed by atoms with Gasteiger partial charge >= 0.3 is 5.97 Å². The van der Waals surface area contributed by atoms with Crippen LogP contribution in [-0.4, -0.2) is 48.8 Å². The van der Waals surface area contributed by atoms with Crippen molar-refractivity contribution in [3.63, 3.8) is 0 Å². The molecule has 1 fully saturated rings. The number of carbonyl (C=O) groups is 2. The van der Waals surface area contributed by atoms with Crippen LogP contribution in [0.25, 0.3) is 0 Å². The lowest BCUT2D eigenvalue weighted by atomic mass is 10.0. The van der Waals surface area contributed by atoms with Crippen LogP contribution in [-0.2, 0) is 14.3 Å². The van der Waals surface area contributed by atoms with Gasteiger partial charge in [-0.25, -0.2) is 0 Å². The molecule has 3 atom stereocenters. The van der Waals surface area contributed by atoms with Crippen molar-refractivity contribution in [2.45, 2.75) is 25.9 Å². The van der Waals surface area contributed by atoms with E-state index in [-0.39, 0.29) is 17.9 Å². The number of rotatable bonds is 5. The zero-order valence-corrected chi connectivity index (χ0v) is 9.53. The highest BCUT2D eigenvalue weighted by Crippen LogP contribution is 2.13. The normalized spacial score (nSPS) is 26.4. The smallest absolute Gasteiger partial charge is 0.325 e. The molecular formula is C10H18N2O4. The first kappa shape index (κ1) is 12.9. The molecule has 6 heteroatoms. The summed E-state index contributed by atoms with van der Waals surface area (Å²) >= 11 is 0. The molecular weight excluding hydrogens is 212 g/mol. The van der Waals surface area contributed by atoms with Gasteiger partial charge < -0.3 is 20.5 Å². The summed E-state index contributed by atoms with van der Waals surface area (Å²) < 4.78 is 5.21. The largest absolute Gasteiger partial charge is 0.480 e. The van der Waals surface area contributed by atoms with Gasteiger partial charge in [0, 0.05) is 6.04 Å². The van der Waals surface area contributed by atoms with E-state index in [1.165, 1.54) is 6.92 Å². The van der Waals surface area contributed by atoms with Crippen LogP contribution in [0, 0.1) is 5.92 Å². The van der Waals surface area contributed by atoms with Crippen molar-refractivity contribution < 1.29 is 19.4 Å². The maximum atomic E-state index is 11.8. The third kappa shape index (κ3) is 3.18. The summed E-state index contributed by atoms with van der Waals surface area (Å²) in [5.74, 6) is -1.60. The van der Waals surface area contributed by atoms with Gasteiger partial charge in [-0.05, 0) is 13.5 Å². The Hall–Kier alpha value is -1.14. The molecule has 0 aromatic carbocycles. The predicted octanol–water partition coefficient (Wildman–Crippen LogP) is -0.800. The van der Waals surface area contributed by atoms with Crippen LogP contribution in [0.5, 0.6) is 0 Å². The lowest BCUT2D eigenvalue weighted by Crippen LogP contribution is -2.48. The van der Waals surface area contributed by atoms with Gasteiger partial charge in [-0.15, -0.1) is 0 Å². The fourth-order valence-corrected chi connectivity index (χ4v) is 1.66. The van der Waals surface area contributed by atoms with E-state index in [4.69, 9.17) is 9.84 Å². The van der Waals surface area contributed by atoms with Gasteiger partial charge in [-0.1, -0.05) is 6.92 Å². The minimum absolute atomic E-state index is 0.0222. The molecule has 1 rings (SSSR count). The van der Waals surface area contributed by atoms with Gasteiger partial charge in [0.1, 0.15) is 6.04 Å². The fourth-order valence-electron chi connectivity index (χ4n) is 1.66. The number of aliphatic carboxylic acids is 1. The van der Waals surface area contributed by atoms with Crippen LogP contribution in [0.2, 0.25) is 0 Å². The van der Waals surface area contributed by atoms with Gasteiger partial charge in [0.2, 0.25) is 5.91 Å². The summed E-state index contributed by atoms with van der Waals surface area (Å²) in [5.41, 5.74) is 0. The van der Waals surface area contributed by atoms with Crippen molar-refractivity contribution in [1.29, 1.82) is 0 Å². The summed E-state index contributed by atoms with van der Waals surface area (Å²) in [6, 6.07) is -0.888. The summed E-state index contributed by atoms with van der Waals surface area (Å²) in [6.07, 6.45) is 0. The molecule has 0 radical (unpaired) electrons. The third-order valence-electron chi connectivity index (χ3n) is 2.61. The molecule has 0 aromatic rings. The van der Waals surface area contributed by atoms with Crippen molar-refractivity contribution in [3.05, 3.63) is 0 Å². The maximum Gasteiger partial charge on any atom is 0.325 e. The fraction of sp³-hybridized carbons (Fsp3) is 0.800. The highest BCUT2D eigenvalue weighted by Gasteiger charge is 2.34. The second-order valence-corrected chi connectivity index (χ2v) is 3.88. The van der Waals surface area contributed by atoms with E-state index in [2.05, 4.69) is 10.6 Å². The van der Waals surface area contributed by atoms with E-state index in [1.807, 2.05) is 6.92 Å². The predicted molar refractivity (Wildman–Crippen MR) is 57.0 cm³/mol. The lowest BCUT2D eigenvalue weighted by molar-refractivity contribution is -0.142. The Bertz CT molecular complexity index is 270. The van der Waals surface area contributed by atoms with Gasteiger partial charge in [0.25, 0.3) is 0 Å². The average Bonchev–Trinajstić information content (AvgIpc) is 2.66. The monoisotopic (exact) mass is 230 g/mol. The summed E-state index contributed by atoms with van der Waals surface area (Å²) in [5, 5.41) is 14.3. The Morgan fingerprint density at radius 1 is 1.50 bits per heavy atom. The second kappa shape index (κ2) is 5.81. The molecule has 0 bridgehead atoms. The number of carbonyl (C=O) groups excluding carboxylic acids is 1. The topological polar surface area (TPSA) is 87.7 Å². The second-order valence-electron chi connectivity index (χ2n) is 3.88. The molecule has 0 spiro atoms. The average molecular weight is 230 g/mol. The van der Waals surface area contributed by atoms with Crippen molar-refractivity contribution in [2.75, 3.05) is 19.8 Å². The molecule has 92 valence electrons. The van der Waals surface area contributed by atoms with E-state index in [1.54, 1.807) is 0 Å². The van der Waals surface area contributed by atoms with Gasteiger partial charge in [0.05, 0.1) is 19.1 Å². The Labute approximate surface area is 94.3 Å². The van der Waals surface area contributed by atoms with Crippen molar-refractivity contribution in [2.24, 2.45) is 5.92 Å². The third-order valence-corrected chi connectivity index (χ3v) is 2.61. The first-order chi connectivity index (χ1) is 7.56. The molecule has 0 saturated carbocycles. The molecule has 0 aromatic heterocycles. The molecule has 16 heavy (non-hydrogen) atoms. The van der Waals surface area contributed by atoms with Crippen LogP contribution in [0.4, 0.5) is 0 Å². The van der Waals surface area contributed by atoms with Crippen LogP contribution in [0.3, 0.4) is 0 Å². The molecule has 3 unspecified atom stereocenters. The van der Waals surface area contributed by atoms with Crippen LogP contribution in [0.15, 0.2) is 0 Å². The zero-order valence-electron chi connectivity index (χ0n) is 9.53. The van der Waals surface area contributed by atoms with E-state index < -0.39 is 12.0 Å². The van der Waals surface area contributed by atoms with Gasteiger partial charge in [-0.3, -0.25) is 9.59 Å². The Morgan fingerprint density at radius 2 is 2.19 bits per heavy atom. The number of ether oxygens (including phenoxy) is 1. The number of nitrogens with one attached hydrogen (secondary N) is 2. The number of carboxylic acid groups (broad SMARTS) is 1. The van der Waals surface area contributed by atoms with E-state index in [0.717, 1.165) is 6.54 Å². The summed E-state index contributed by atoms with van der Waals surface area (Å²) in [7, 11) is 0. The Balaban J connectivity index is 2.49. The lowest BCUT2D eigenvalue weighted by Gasteiger charge is -2.19. The molecule has 1 heterocycles. The van der Waals surface area contributed by atoms with E-state index in [9.17, 15) is 9.59 Å². The van der Waals surface area contributed by atoms with Crippen molar-refractivity contribution >= 4 is 11.9 Å². The van der Waals surface area contributed by atoms with Crippen LogP contribution >= 0.6 is 0 Å². The van der Waals surface area contributed by atoms with Crippen molar-refractivity contribution in [1.82, 2.24) is 10.6 Å². The first-order valence-electron chi connectivity index (χ1n) is 5.40. The standard InChI is InChI=1S/C10H18N2O4/c1-3-11-8-5-16-4-7(8)9(13)12-6(2)10(14)15/h6-8,11H,3-5H2,1-2H3,(H,12,13)(H,14,15). The number of hydrogen-bond donors (Lipinski definition) is 3. The number of amides is 1. The summed E-state index contributed by atoms with van der Waals surface area (Å²) in [6.45, 7) is 4.99. The maximum absolute atomic E-state index is 11.8. The minimum Gasteiger partial charge on any atom is -0.480 e. The van der Waals surface area contributed by atoms with Crippen LogP contribution < -0.4 is 10.6 Å². The highest BCUT2D eigenvalue weighted by atomic mass is 16.5. The summed E-state index contributed by atoms with van der Waals surface area (Å²) in [4.78, 5) is 22.3. The molecule has 1 aliphatic heterocycles. The van der Waals surface area contributed by atoms with Crippen molar-refractivity contribution in [3.8, 4) is 0 Å². The first-order valence-corrected chi connectivity index (χ1v) is 5.40. The minimum atomic E-state index is -1.03. The molecule has 1 amide bonds. The quantitative estimate of drug-likeness (QED) is 0.575. The molecule has 6 nitrogen and oxygen atoms in total. The van der Waals surface area contributed by atoms with E-state index >= 15 is 0 Å². The molecule has 1 saturated heterocycles.